The van der Waals surface area contributed by atoms with E-state index >= 15 is 0 Å². The minimum absolute atomic E-state index is 0.187. The molecule has 1 aromatic rings. The molecule has 3 rings (SSSR count). The molecular formula is C18H20FN5O2S. The number of halogens is 1. The van der Waals surface area contributed by atoms with Crippen molar-refractivity contribution in [2.75, 3.05) is 36.1 Å². The highest BCUT2D eigenvalue weighted by atomic mass is 32.1. The summed E-state index contributed by atoms with van der Waals surface area (Å²) >= 11 is 5.06. The number of benzene rings is 1. The summed E-state index contributed by atoms with van der Waals surface area (Å²) in [4.78, 5) is 19.4. The molecule has 0 spiro atoms. The number of anilines is 2. The SMILES string of the molecule is [C-]#[N+]CN1CCN(c2ccc(N3C[C@H](CCC(C)=S)OC3=O)cc2F)C=N1. The number of rotatable bonds is 6. The van der Waals surface area contributed by atoms with Crippen molar-refractivity contribution in [3.8, 4) is 0 Å². The van der Waals surface area contributed by atoms with Gasteiger partial charge in [-0.25, -0.2) is 20.8 Å². The lowest BCUT2D eigenvalue weighted by Gasteiger charge is -2.27. The van der Waals surface area contributed by atoms with Crippen LogP contribution in [-0.4, -0.2) is 54.7 Å². The van der Waals surface area contributed by atoms with E-state index in [1.165, 1.54) is 17.3 Å². The molecule has 7 nitrogen and oxygen atoms in total. The van der Waals surface area contributed by atoms with Gasteiger partial charge in [0.2, 0.25) is 0 Å². The van der Waals surface area contributed by atoms with E-state index in [0.29, 0.717) is 43.9 Å². The van der Waals surface area contributed by atoms with Crippen LogP contribution in [-0.2, 0) is 4.74 Å². The Hall–Kier alpha value is -2.73. The van der Waals surface area contributed by atoms with E-state index in [-0.39, 0.29) is 12.8 Å². The Labute approximate surface area is 162 Å². The molecule has 1 amide bonds. The highest BCUT2D eigenvalue weighted by Crippen LogP contribution is 2.29. The van der Waals surface area contributed by atoms with Gasteiger partial charge in [-0.3, -0.25) is 9.74 Å². The Bertz CT molecular complexity index is 809. The third kappa shape index (κ3) is 4.52. The molecule has 0 saturated carbocycles. The number of carbonyl (C=O) groups excluding carboxylic acids is 1. The van der Waals surface area contributed by atoms with E-state index in [9.17, 15) is 9.18 Å². The fourth-order valence-corrected chi connectivity index (χ4v) is 3.11. The maximum Gasteiger partial charge on any atom is 0.414 e. The van der Waals surface area contributed by atoms with Gasteiger partial charge in [0.1, 0.15) is 18.3 Å². The molecule has 1 aromatic carbocycles. The van der Waals surface area contributed by atoms with E-state index in [1.54, 1.807) is 22.0 Å². The number of thiocarbonyl (C=S) groups is 1. The lowest BCUT2D eigenvalue weighted by atomic mass is 10.1. The molecular weight excluding hydrogens is 369 g/mol. The van der Waals surface area contributed by atoms with Crippen LogP contribution in [0, 0.1) is 12.4 Å². The van der Waals surface area contributed by atoms with Crippen molar-refractivity contribution in [3.63, 3.8) is 0 Å². The minimum atomic E-state index is -0.469. The second-order valence-electron chi connectivity index (χ2n) is 6.45. The molecule has 142 valence electrons. The van der Waals surface area contributed by atoms with Gasteiger partial charge in [0.15, 0.2) is 0 Å². The molecule has 1 fully saturated rings. The maximum atomic E-state index is 14.7. The molecule has 9 heteroatoms. The topological polar surface area (TPSA) is 52.7 Å². The first-order chi connectivity index (χ1) is 13.0. The second-order valence-corrected chi connectivity index (χ2v) is 7.14. The van der Waals surface area contributed by atoms with E-state index < -0.39 is 11.9 Å². The Kier molecular flexibility index (Phi) is 5.86. The Morgan fingerprint density at radius 3 is 2.93 bits per heavy atom. The smallest absolute Gasteiger partial charge is 0.414 e. The number of hydrogen-bond acceptors (Lipinski definition) is 6. The summed E-state index contributed by atoms with van der Waals surface area (Å²) in [7, 11) is 0. The summed E-state index contributed by atoms with van der Waals surface area (Å²) in [6, 6.07) is 4.66. The van der Waals surface area contributed by atoms with Crippen molar-refractivity contribution in [2.24, 2.45) is 5.10 Å². The lowest BCUT2D eigenvalue weighted by Crippen LogP contribution is -2.38. The van der Waals surface area contributed by atoms with Gasteiger partial charge in [0.25, 0.3) is 0 Å². The van der Waals surface area contributed by atoms with Crippen LogP contribution in [0.1, 0.15) is 19.8 Å². The van der Waals surface area contributed by atoms with Crippen molar-refractivity contribution < 1.29 is 13.9 Å². The van der Waals surface area contributed by atoms with Gasteiger partial charge in [-0.2, -0.15) is 5.10 Å². The number of hydrazone groups is 1. The van der Waals surface area contributed by atoms with Gasteiger partial charge in [-0.15, -0.1) is 0 Å². The van der Waals surface area contributed by atoms with Crippen LogP contribution in [0.25, 0.3) is 4.85 Å². The number of nitrogens with zero attached hydrogens (tertiary/aromatic N) is 5. The van der Waals surface area contributed by atoms with E-state index in [4.69, 9.17) is 23.5 Å². The highest BCUT2D eigenvalue weighted by molar-refractivity contribution is 7.80. The lowest BCUT2D eigenvalue weighted by molar-refractivity contribution is 0.138. The largest absolute Gasteiger partial charge is 0.444 e. The summed E-state index contributed by atoms with van der Waals surface area (Å²) in [5.41, 5.74) is 0.844. The van der Waals surface area contributed by atoms with Crippen LogP contribution >= 0.6 is 12.2 Å². The van der Waals surface area contributed by atoms with Gasteiger partial charge in [0, 0.05) is 6.54 Å². The van der Waals surface area contributed by atoms with Gasteiger partial charge in [-0.05, 0) is 42.8 Å². The molecule has 0 aromatic heterocycles. The third-order valence-corrected chi connectivity index (χ3v) is 4.64. The first-order valence-electron chi connectivity index (χ1n) is 8.64. The molecule has 2 aliphatic rings. The van der Waals surface area contributed by atoms with Gasteiger partial charge in [0.05, 0.1) is 24.5 Å². The van der Waals surface area contributed by atoms with E-state index in [2.05, 4.69) is 9.95 Å². The van der Waals surface area contributed by atoms with Crippen LogP contribution in [0.5, 0.6) is 0 Å². The number of hydrogen-bond donors (Lipinski definition) is 0. The van der Waals surface area contributed by atoms with Crippen molar-refractivity contribution in [1.29, 1.82) is 0 Å². The van der Waals surface area contributed by atoms with Crippen LogP contribution in [0.3, 0.4) is 0 Å². The van der Waals surface area contributed by atoms with E-state index in [1.807, 2.05) is 6.92 Å². The predicted molar refractivity (Wildman–Crippen MR) is 106 cm³/mol. The number of carbonyl (C=O) groups is 1. The average molecular weight is 389 g/mol. The van der Waals surface area contributed by atoms with Crippen LogP contribution < -0.4 is 9.80 Å². The zero-order valence-corrected chi connectivity index (χ0v) is 15.8. The van der Waals surface area contributed by atoms with Gasteiger partial charge in [-0.1, -0.05) is 12.2 Å². The number of cyclic esters (lactones) is 1. The number of amides is 1. The Morgan fingerprint density at radius 1 is 1.48 bits per heavy atom. The third-order valence-electron chi connectivity index (χ3n) is 4.43. The molecule has 1 saturated heterocycles. The first kappa shape index (κ1) is 19.0. The zero-order chi connectivity index (χ0) is 19.4. The molecule has 0 bridgehead atoms. The van der Waals surface area contributed by atoms with Crippen molar-refractivity contribution in [3.05, 3.63) is 35.4 Å². The predicted octanol–water partition coefficient (Wildman–Crippen LogP) is 3.26. The highest BCUT2D eigenvalue weighted by Gasteiger charge is 2.32. The molecule has 2 heterocycles. The summed E-state index contributed by atoms with van der Waals surface area (Å²) in [6.45, 7) is 10.4. The number of ether oxygens (including phenoxy) is 1. The van der Waals surface area contributed by atoms with Crippen LogP contribution in [0.2, 0.25) is 0 Å². The summed E-state index contributed by atoms with van der Waals surface area (Å²) in [6.07, 6.45) is 2.20. The van der Waals surface area contributed by atoms with Crippen LogP contribution in [0.4, 0.5) is 20.6 Å². The van der Waals surface area contributed by atoms with Crippen molar-refractivity contribution >= 4 is 40.9 Å². The standard InChI is InChI=1S/C18H20FN5O2S/c1-13(27)3-5-15-10-24(18(25)26-15)14-4-6-17(16(19)9-14)22-7-8-23(11-20-2)21-12-22/h4,6,9,12,15H,3,5,7-8,10-11H2,1H3/t15-/m0/s1. The monoisotopic (exact) mass is 389 g/mol. The molecule has 1 atom stereocenters. The van der Waals surface area contributed by atoms with Crippen molar-refractivity contribution in [2.45, 2.75) is 25.9 Å². The summed E-state index contributed by atoms with van der Waals surface area (Å²) in [5, 5.41) is 5.76. The fourth-order valence-electron chi connectivity index (χ4n) is 2.99. The molecule has 0 aliphatic carbocycles. The molecule has 2 aliphatic heterocycles. The van der Waals surface area contributed by atoms with Crippen LogP contribution in [0.15, 0.2) is 23.3 Å². The Morgan fingerprint density at radius 2 is 2.30 bits per heavy atom. The Balaban J connectivity index is 1.68. The summed E-state index contributed by atoms with van der Waals surface area (Å²) < 4.78 is 20.0. The normalized spacial score (nSPS) is 19.2. The quantitative estimate of drug-likeness (QED) is 0.552. The van der Waals surface area contributed by atoms with Crippen molar-refractivity contribution in [1.82, 2.24) is 5.01 Å². The van der Waals surface area contributed by atoms with Gasteiger partial charge >= 0.3 is 12.8 Å². The first-order valence-corrected chi connectivity index (χ1v) is 9.05. The maximum absolute atomic E-state index is 14.7. The fraction of sp³-hybridized carbons (Fsp3) is 0.444. The second kappa shape index (κ2) is 8.31. The van der Waals surface area contributed by atoms with Gasteiger partial charge < -0.3 is 9.64 Å². The molecule has 27 heavy (non-hydrogen) atoms. The van der Waals surface area contributed by atoms with E-state index in [0.717, 1.165) is 4.86 Å². The minimum Gasteiger partial charge on any atom is -0.444 e. The average Bonchev–Trinajstić information content (AvgIpc) is 3.02. The molecule has 0 N–H and O–H groups in total. The zero-order valence-electron chi connectivity index (χ0n) is 15.0. The molecule has 0 unspecified atom stereocenters. The molecule has 0 radical (unpaired) electrons. The summed E-state index contributed by atoms with van der Waals surface area (Å²) in [5.74, 6) is -0.441.